The Labute approximate surface area is 158 Å². The summed E-state index contributed by atoms with van der Waals surface area (Å²) in [5.74, 6) is -0.198. The molecule has 0 unspecified atom stereocenters. The second kappa shape index (κ2) is 9.85. The van der Waals surface area contributed by atoms with Gasteiger partial charge in [-0.05, 0) is 38.5 Å². The number of halogens is 2. The van der Waals surface area contributed by atoms with Crippen molar-refractivity contribution in [2.75, 3.05) is 19.7 Å². The smallest absolute Gasteiger partial charge is 0.407 e. The van der Waals surface area contributed by atoms with Crippen molar-refractivity contribution in [2.24, 2.45) is 0 Å². The van der Waals surface area contributed by atoms with Crippen LogP contribution in [0, 0.1) is 0 Å². The maximum atomic E-state index is 12.3. The molecule has 0 spiro atoms. The highest BCUT2D eigenvalue weighted by atomic mass is 35.5. The SMILES string of the molecule is CC(C)(C)OC(=O)NCCC(=O)N(CCO)Cc1ccc(Cl)c(Cl)c1. The van der Waals surface area contributed by atoms with E-state index in [0.717, 1.165) is 5.56 Å². The molecule has 0 aromatic heterocycles. The second-order valence-corrected chi connectivity index (χ2v) is 7.28. The largest absolute Gasteiger partial charge is 0.444 e. The van der Waals surface area contributed by atoms with Crippen molar-refractivity contribution in [1.29, 1.82) is 0 Å². The number of aliphatic hydroxyl groups excluding tert-OH is 1. The van der Waals surface area contributed by atoms with Crippen molar-refractivity contribution < 1.29 is 19.4 Å². The number of nitrogens with zero attached hydrogens (tertiary/aromatic N) is 1. The predicted octanol–water partition coefficient (Wildman–Crippen LogP) is 3.23. The number of benzene rings is 1. The molecule has 140 valence electrons. The lowest BCUT2D eigenvalue weighted by Gasteiger charge is -2.23. The zero-order valence-corrected chi connectivity index (χ0v) is 16.2. The highest BCUT2D eigenvalue weighted by Gasteiger charge is 2.17. The molecule has 0 fully saturated rings. The molecule has 0 atom stereocenters. The van der Waals surface area contributed by atoms with E-state index in [1.54, 1.807) is 39.0 Å². The quantitative estimate of drug-likeness (QED) is 0.748. The number of carbonyl (C=O) groups is 2. The van der Waals surface area contributed by atoms with Crippen LogP contribution in [0.2, 0.25) is 10.0 Å². The molecule has 0 bridgehead atoms. The Hall–Kier alpha value is -1.50. The molecule has 0 aliphatic heterocycles. The Morgan fingerprint density at radius 2 is 1.92 bits per heavy atom. The van der Waals surface area contributed by atoms with E-state index in [1.807, 2.05) is 0 Å². The van der Waals surface area contributed by atoms with E-state index in [0.29, 0.717) is 16.6 Å². The van der Waals surface area contributed by atoms with E-state index in [4.69, 9.17) is 27.9 Å². The highest BCUT2D eigenvalue weighted by Crippen LogP contribution is 2.23. The molecule has 6 nitrogen and oxygen atoms in total. The van der Waals surface area contributed by atoms with Gasteiger partial charge >= 0.3 is 6.09 Å². The predicted molar refractivity (Wildman–Crippen MR) is 97.8 cm³/mol. The summed E-state index contributed by atoms with van der Waals surface area (Å²) in [5.41, 5.74) is 0.210. The van der Waals surface area contributed by atoms with Crippen molar-refractivity contribution in [3.05, 3.63) is 33.8 Å². The van der Waals surface area contributed by atoms with Crippen LogP contribution in [0.25, 0.3) is 0 Å². The maximum Gasteiger partial charge on any atom is 0.407 e. The Bertz CT molecular complexity index is 603. The Morgan fingerprint density at radius 1 is 1.24 bits per heavy atom. The molecule has 1 rings (SSSR count). The molecule has 8 heteroatoms. The molecule has 0 heterocycles. The summed E-state index contributed by atoms with van der Waals surface area (Å²) in [6.07, 6.45) is -0.473. The lowest BCUT2D eigenvalue weighted by Crippen LogP contribution is -2.37. The molecule has 0 saturated heterocycles. The Morgan fingerprint density at radius 3 is 2.48 bits per heavy atom. The Kier molecular flexibility index (Phi) is 8.48. The molecule has 0 aliphatic carbocycles. The normalized spacial score (nSPS) is 11.1. The molecule has 2 amide bonds. The fourth-order valence-corrected chi connectivity index (χ4v) is 2.34. The Balaban J connectivity index is 2.55. The number of carbonyl (C=O) groups excluding carboxylic acids is 2. The number of nitrogens with one attached hydrogen (secondary N) is 1. The molecule has 1 aromatic rings. The first-order chi connectivity index (χ1) is 11.6. The van der Waals surface area contributed by atoms with Gasteiger partial charge in [0, 0.05) is 26.1 Å². The molecular weight excluding hydrogens is 367 g/mol. The van der Waals surface area contributed by atoms with Crippen LogP contribution in [0.1, 0.15) is 32.8 Å². The van der Waals surface area contributed by atoms with Gasteiger partial charge in [-0.15, -0.1) is 0 Å². The van der Waals surface area contributed by atoms with Crippen LogP contribution in [-0.2, 0) is 16.1 Å². The third-order valence-electron chi connectivity index (χ3n) is 3.09. The number of ether oxygens (including phenoxy) is 1. The summed E-state index contributed by atoms with van der Waals surface area (Å²) >= 11 is 11.9. The average Bonchev–Trinajstić information content (AvgIpc) is 2.48. The zero-order valence-electron chi connectivity index (χ0n) is 14.6. The van der Waals surface area contributed by atoms with Crippen molar-refractivity contribution >= 4 is 35.2 Å². The van der Waals surface area contributed by atoms with E-state index in [-0.39, 0.29) is 32.0 Å². The summed E-state index contributed by atoms with van der Waals surface area (Å²) < 4.78 is 5.11. The van der Waals surface area contributed by atoms with Crippen molar-refractivity contribution in [1.82, 2.24) is 10.2 Å². The first kappa shape index (κ1) is 21.5. The summed E-state index contributed by atoms with van der Waals surface area (Å²) in [7, 11) is 0. The van der Waals surface area contributed by atoms with E-state index < -0.39 is 11.7 Å². The summed E-state index contributed by atoms with van der Waals surface area (Å²) in [4.78, 5) is 25.4. The van der Waals surface area contributed by atoms with Gasteiger partial charge in [-0.1, -0.05) is 29.3 Å². The van der Waals surface area contributed by atoms with Crippen molar-refractivity contribution in [3.63, 3.8) is 0 Å². The summed E-state index contributed by atoms with van der Waals surface area (Å²) in [5, 5.41) is 12.6. The van der Waals surface area contributed by atoms with Crippen LogP contribution in [0.15, 0.2) is 18.2 Å². The third-order valence-corrected chi connectivity index (χ3v) is 3.83. The monoisotopic (exact) mass is 390 g/mol. The maximum absolute atomic E-state index is 12.3. The van der Waals surface area contributed by atoms with Crippen LogP contribution >= 0.6 is 23.2 Å². The summed E-state index contributed by atoms with van der Waals surface area (Å²) in [6, 6.07) is 5.11. The fraction of sp³-hybridized carbons (Fsp3) is 0.529. The van der Waals surface area contributed by atoms with E-state index in [9.17, 15) is 14.7 Å². The number of hydrogen-bond donors (Lipinski definition) is 2. The third kappa shape index (κ3) is 8.43. The minimum Gasteiger partial charge on any atom is -0.444 e. The van der Waals surface area contributed by atoms with Gasteiger partial charge in [0.25, 0.3) is 0 Å². The van der Waals surface area contributed by atoms with Gasteiger partial charge < -0.3 is 20.1 Å². The highest BCUT2D eigenvalue weighted by molar-refractivity contribution is 6.42. The minimum atomic E-state index is -0.592. The zero-order chi connectivity index (χ0) is 19.0. The molecule has 0 saturated carbocycles. The lowest BCUT2D eigenvalue weighted by molar-refractivity contribution is -0.132. The molecule has 0 radical (unpaired) electrons. The van der Waals surface area contributed by atoms with E-state index >= 15 is 0 Å². The number of alkyl carbamates (subject to hydrolysis) is 1. The van der Waals surface area contributed by atoms with Gasteiger partial charge in [-0.25, -0.2) is 4.79 Å². The number of hydrogen-bond acceptors (Lipinski definition) is 4. The second-order valence-electron chi connectivity index (χ2n) is 6.47. The fourth-order valence-electron chi connectivity index (χ4n) is 2.01. The van der Waals surface area contributed by atoms with Crippen LogP contribution in [0.5, 0.6) is 0 Å². The van der Waals surface area contributed by atoms with Gasteiger partial charge in [0.05, 0.1) is 16.7 Å². The van der Waals surface area contributed by atoms with Gasteiger partial charge in [0.1, 0.15) is 5.60 Å². The van der Waals surface area contributed by atoms with Crippen LogP contribution in [0.3, 0.4) is 0 Å². The van der Waals surface area contributed by atoms with Crippen LogP contribution in [0.4, 0.5) is 4.79 Å². The molecular formula is C17H24Cl2N2O4. The minimum absolute atomic E-state index is 0.0978. The van der Waals surface area contributed by atoms with E-state index in [2.05, 4.69) is 5.32 Å². The summed E-state index contributed by atoms with van der Waals surface area (Å²) in [6.45, 7) is 5.76. The average molecular weight is 391 g/mol. The van der Waals surface area contributed by atoms with Crippen molar-refractivity contribution in [3.8, 4) is 0 Å². The van der Waals surface area contributed by atoms with Gasteiger partial charge in [-0.2, -0.15) is 0 Å². The van der Waals surface area contributed by atoms with Crippen molar-refractivity contribution in [2.45, 2.75) is 39.3 Å². The topological polar surface area (TPSA) is 78.9 Å². The molecule has 25 heavy (non-hydrogen) atoms. The van der Waals surface area contributed by atoms with Gasteiger partial charge in [0.2, 0.25) is 5.91 Å². The van der Waals surface area contributed by atoms with Crippen LogP contribution in [-0.4, -0.2) is 47.3 Å². The lowest BCUT2D eigenvalue weighted by atomic mass is 10.2. The van der Waals surface area contributed by atoms with Gasteiger partial charge in [0.15, 0.2) is 0 Å². The number of rotatable bonds is 7. The first-order valence-electron chi connectivity index (χ1n) is 7.92. The molecule has 0 aliphatic rings. The molecule has 1 aromatic carbocycles. The van der Waals surface area contributed by atoms with Crippen LogP contribution < -0.4 is 5.32 Å². The number of amides is 2. The first-order valence-corrected chi connectivity index (χ1v) is 8.67. The van der Waals surface area contributed by atoms with E-state index in [1.165, 1.54) is 4.90 Å². The van der Waals surface area contributed by atoms with Gasteiger partial charge in [-0.3, -0.25) is 4.79 Å². The number of aliphatic hydroxyl groups is 1. The molecule has 2 N–H and O–H groups in total. The standard InChI is InChI=1S/C17H24Cl2N2O4/c1-17(2,3)25-16(24)20-7-6-15(23)21(8-9-22)11-12-4-5-13(18)14(19)10-12/h4-5,10,22H,6-9,11H2,1-3H3,(H,20,24).